The molecule has 0 saturated heterocycles. The third-order valence-electron chi connectivity index (χ3n) is 5.04. The van der Waals surface area contributed by atoms with Crippen molar-refractivity contribution in [2.24, 2.45) is 0 Å². The Balaban J connectivity index is 1.57. The van der Waals surface area contributed by atoms with Crippen molar-refractivity contribution in [2.45, 2.75) is 19.5 Å². The Morgan fingerprint density at radius 2 is 1.97 bits per heavy atom. The van der Waals surface area contributed by atoms with Crippen LogP contribution in [0.4, 0.5) is 0 Å². The zero-order valence-corrected chi connectivity index (χ0v) is 17.2. The average Bonchev–Trinajstić information content (AvgIpc) is 2.72. The molecule has 0 fully saturated rings. The Morgan fingerprint density at radius 3 is 2.69 bits per heavy atom. The maximum absolute atomic E-state index is 12.7. The number of fused-ring (bicyclic) bond motifs is 1. The number of halogens is 2. The van der Waals surface area contributed by atoms with Crippen molar-refractivity contribution < 1.29 is 9.84 Å². The van der Waals surface area contributed by atoms with Crippen molar-refractivity contribution >= 4 is 23.2 Å². The lowest BCUT2D eigenvalue weighted by atomic mass is 10.0. The molecule has 0 aliphatic carbocycles. The maximum atomic E-state index is 12.7. The molecule has 150 valence electrons. The highest BCUT2D eigenvalue weighted by Gasteiger charge is 2.23. The summed E-state index contributed by atoms with van der Waals surface area (Å²) in [6, 6.07) is 10.7. The number of hydrogen-bond donors (Lipinski definition) is 2. The molecule has 0 atom stereocenters. The Bertz CT molecular complexity index is 1110. The maximum Gasteiger partial charge on any atom is 0.255 e. The highest BCUT2D eigenvalue weighted by atomic mass is 35.5. The molecule has 0 unspecified atom stereocenters. The standard InChI is InChI=1S/C21H19Cl2N3O3/c1-29-17-7-4-13(18(23)19(17)27)10-26-9-8-16-15(11-26)21(28)25-20(24-16)12-2-5-14(22)6-3-12/h2-7,27H,8-11H2,1H3,(H,24,25,28). The van der Waals surface area contributed by atoms with Gasteiger partial charge < -0.3 is 14.8 Å². The zero-order valence-electron chi connectivity index (χ0n) is 15.7. The van der Waals surface area contributed by atoms with E-state index in [4.69, 9.17) is 27.9 Å². The lowest BCUT2D eigenvalue weighted by Crippen LogP contribution is -2.35. The first-order valence-electron chi connectivity index (χ1n) is 9.11. The van der Waals surface area contributed by atoms with Crippen molar-refractivity contribution in [3.8, 4) is 22.9 Å². The predicted octanol–water partition coefficient (Wildman–Crippen LogP) is 4.02. The van der Waals surface area contributed by atoms with Gasteiger partial charge in [-0.05, 0) is 35.9 Å². The number of aromatic hydroxyl groups is 1. The number of aromatic amines is 1. The number of H-pyrrole nitrogens is 1. The molecule has 3 aromatic rings. The summed E-state index contributed by atoms with van der Waals surface area (Å²) in [4.78, 5) is 22.3. The second-order valence-electron chi connectivity index (χ2n) is 6.90. The summed E-state index contributed by atoms with van der Waals surface area (Å²) in [5, 5.41) is 11.0. The van der Waals surface area contributed by atoms with Crippen LogP contribution in [0.1, 0.15) is 16.8 Å². The number of aromatic nitrogens is 2. The fourth-order valence-corrected chi connectivity index (χ4v) is 3.82. The van der Waals surface area contributed by atoms with E-state index in [1.807, 2.05) is 18.2 Å². The second-order valence-corrected chi connectivity index (χ2v) is 7.71. The molecule has 1 aromatic heterocycles. The lowest BCUT2D eigenvalue weighted by molar-refractivity contribution is 0.241. The third kappa shape index (κ3) is 3.96. The van der Waals surface area contributed by atoms with Crippen LogP contribution < -0.4 is 10.3 Å². The molecular weight excluding hydrogens is 413 g/mol. The highest BCUT2D eigenvalue weighted by Crippen LogP contribution is 2.37. The second kappa shape index (κ2) is 8.06. The molecule has 8 heteroatoms. The fourth-order valence-electron chi connectivity index (χ4n) is 3.48. The predicted molar refractivity (Wildman–Crippen MR) is 113 cm³/mol. The van der Waals surface area contributed by atoms with E-state index in [0.29, 0.717) is 41.7 Å². The molecule has 1 aliphatic heterocycles. The van der Waals surface area contributed by atoms with Gasteiger partial charge in [0.05, 0.1) is 23.4 Å². The quantitative estimate of drug-likeness (QED) is 0.651. The summed E-state index contributed by atoms with van der Waals surface area (Å²) in [6.45, 7) is 1.70. The van der Waals surface area contributed by atoms with Crippen LogP contribution in [0, 0.1) is 0 Å². The van der Waals surface area contributed by atoms with Crippen LogP contribution in [0.2, 0.25) is 10.0 Å². The number of phenols is 1. The van der Waals surface area contributed by atoms with Gasteiger partial charge in [0.2, 0.25) is 0 Å². The van der Waals surface area contributed by atoms with Crippen molar-refractivity contribution in [1.82, 2.24) is 14.9 Å². The van der Waals surface area contributed by atoms with Crippen LogP contribution in [0.25, 0.3) is 11.4 Å². The van der Waals surface area contributed by atoms with E-state index in [9.17, 15) is 9.90 Å². The van der Waals surface area contributed by atoms with Crippen molar-refractivity contribution in [3.63, 3.8) is 0 Å². The largest absolute Gasteiger partial charge is 0.503 e. The van der Waals surface area contributed by atoms with Gasteiger partial charge in [0, 0.05) is 36.6 Å². The Hall–Kier alpha value is -2.54. The molecule has 0 amide bonds. The van der Waals surface area contributed by atoms with E-state index in [-0.39, 0.29) is 16.3 Å². The van der Waals surface area contributed by atoms with Gasteiger partial charge in [-0.2, -0.15) is 0 Å². The first-order valence-corrected chi connectivity index (χ1v) is 9.86. The Labute approximate surface area is 177 Å². The minimum Gasteiger partial charge on any atom is -0.503 e. The van der Waals surface area contributed by atoms with E-state index < -0.39 is 0 Å². The van der Waals surface area contributed by atoms with E-state index in [1.165, 1.54) is 7.11 Å². The van der Waals surface area contributed by atoms with Crippen LogP contribution in [0.5, 0.6) is 11.5 Å². The van der Waals surface area contributed by atoms with Crippen LogP contribution >= 0.6 is 23.2 Å². The summed E-state index contributed by atoms with van der Waals surface area (Å²) in [6.07, 6.45) is 0.652. The topological polar surface area (TPSA) is 78.5 Å². The minimum absolute atomic E-state index is 0.0730. The molecule has 6 nitrogen and oxygen atoms in total. The monoisotopic (exact) mass is 431 g/mol. The van der Waals surface area contributed by atoms with Gasteiger partial charge in [-0.1, -0.05) is 29.3 Å². The molecule has 0 bridgehead atoms. The van der Waals surface area contributed by atoms with E-state index in [1.54, 1.807) is 18.2 Å². The van der Waals surface area contributed by atoms with Crippen LogP contribution in [0.15, 0.2) is 41.2 Å². The number of phenolic OH excluding ortho intramolecular Hbond substituents is 1. The number of benzene rings is 2. The van der Waals surface area contributed by atoms with Gasteiger partial charge in [-0.25, -0.2) is 4.98 Å². The number of rotatable bonds is 4. The molecule has 0 saturated carbocycles. The molecule has 2 aromatic carbocycles. The molecule has 29 heavy (non-hydrogen) atoms. The van der Waals surface area contributed by atoms with Gasteiger partial charge in [0.15, 0.2) is 11.5 Å². The summed E-state index contributed by atoms with van der Waals surface area (Å²) in [5.41, 5.74) is 2.91. The van der Waals surface area contributed by atoms with E-state index in [2.05, 4.69) is 14.9 Å². The fraction of sp³-hybridized carbons (Fsp3) is 0.238. The van der Waals surface area contributed by atoms with Crippen molar-refractivity contribution in [2.75, 3.05) is 13.7 Å². The first-order chi connectivity index (χ1) is 14.0. The molecule has 2 heterocycles. The normalized spacial score (nSPS) is 13.9. The average molecular weight is 432 g/mol. The molecule has 1 aliphatic rings. The van der Waals surface area contributed by atoms with Crippen molar-refractivity contribution in [3.05, 3.63) is 73.6 Å². The van der Waals surface area contributed by atoms with Gasteiger partial charge >= 0.3 is 0 Å². The molecule has 4 rings (SSSR count). The summed E-state index contributed by atoms with van der Waals surface area (Å²) >= 11 is 12.2. The Morgan fingerprint density at radius 1 is 1.21 bits per heavy atom. The van der Waals surface area contributed by atoms with E-state index >= 15 is 0 Å². The number of nitrogens with one attached hydrogen (secondary N) is 1. The molecule has 0 spiro atoms. The molecule has 0 radical (unpaired) electrons. The van der Waals surface area contributed by atoms with Crippen LogP contribution in [0.3, 0.4) is 0 Å². The summed E-state index contributed by atoms with van der Waals surface area (Å²) < 4.78 is 5.08. The first kappa shape index (κ1) is 19.8. The summed E-state index contributed by atoms with van der Waals surface area (Å²) in [5.74, 6) is 0.802. The van der Waals surface area contributed by atoms with Crippen molar-refractivity contribution in [1.29, 1.82) is 0 Å². The number of ether oxygens (including phenoxy) is 1. The number of nitrogens with zero attached hydrogens (tertiary/aromatic N) is 2. The highest BCUT2D eigenvalue weighted by molar-refractivity contribution is 6.33. The SMILES string of the molecule is COc1ccc(CN2CCc3nc(-c4ccc(Cl)cc4)[nH]c(=O)c3C2)c(Cl)c1O. The number of methoxy groups -OCH3 is 1. The molecular formula is C21H19Cl2N3O3. The van der Waals surface area contributed by atoms with Gasteiger partial charge in [0.25, 0.3) is 5.56 Å². The minimum atomic E-state index is -0.145. The van der Waals surface area contributed by atoms with E-state index in [0.717, 1.165) is 23.4 Å². The lowest BCUT2D eigenvalue weighted by Gasteiger charge is -2.28. The van der Waals surface area contributed by atoms with Crippen LogP contribution in [-0.2, 0) is 19.5 Å². The van der Waals surface area contributed by atoms with Gasteiger partial charge in [-0.15, -0.1) is 0 Å². The van der Waals surface area contributed by atoms with Gasteiger partial charge in [0.1, 0.15) is 5.82 Å². The summed E-state index contributed by atoms with van der Waals surface area (Å²) in [7, 11) is 1.48. The zero-order chi connectivity index (χ0) is 20.5. The third-order valence-corrected chi connectivity index (χ3v) is 5.71. The van der Waals surface area contributed by atoms with Crippen LogP contribution in [-0.4, -0.2) is 33.6 Å². The molecule has 2 N–H and O–H groups in total. The smallest absolute Gasteiger partial charge is 0.255 e. The Kier molecular flexibility index (Phi) is 5.50. The van der Waals surface area contributed by atoms with Gasteiger partial charge in [-0.3, -0.25) is 9.69 Å². The number of hydrogen-bond acceptors (Lipinski definition) is 5.